The number of hydrogen-bond donors (Lipinski definition) is 1. The Balaban J connectivity index is 2.15. The third kappa shape index (κ3) is 4.20. The van der Waals surface area contributed by atoms with Crippen molar-refractivity contribution in [2.45, 2.75) is 13.5 Å². The molecule has 0 unspecified atom stereocenters. The minimum Gasteiger partial charge on any atom is -0.492 e. The topological polar surface area (TPSA) is 21.3 Å². The van der Waals surface area contributed by atoms with Gasteiger partial charge in [-0.3, -0.25) is 0 Å². The van der Waals surface area contributed by atoms with Crippen LogP contribution >= 0.6 is 34.8 Å². The summed E-state index contributed by atoms with van der Waals surface area (Å²) in [5.74, 6) is 0.769. The highest BCUT2D eigenvalue weighted by molar-refractivity contribution is 6.34. The van der Waals surface area contributed by atoms with E-state index in [9.17, 15) is 0 Å². The Morgan fingerprint density at radius 2 is 1.65 bits per heavy atom. The summed E-state index contributed by atoms with van der Waals surface area (Å²) in [7, 11) is 0. The molecule has 0 fully saturated rings. The highest BCUT2D eigenvalue weighted by atomic mass is 35.5. The van der Waals surface area contributed by atoms with Crippen LogP contribution in [0.2, 0.25) is 15.1 Å². The lowest BCUT2D eigenvalue weighted by Crippen LogP contribution is -2.03. The molecule has 1 N–H and O–H groups in total. The third-order valence-electron chi connectivity index (χ3n) is 2.65. The van der Waals surface area contributed by atoms with Gasteiger partial charge in [-0.25, -0.2) is 0 Å². The van der Waals surface area contributed by atoms with E-state index in [1.54, 1.807) is 12.1 Å². The maximum atomic E-state index is 6.01. The molecule has 0 aromatic heterocycles. The molecule has 0 radical (unpaired) electrons. The molecule has 0 aliphatic carbocycles. The molecule has 0 bridgehead atoms. The molecule has 0 aliphatic heterocycles. The van der Waals surface area contributed by atoms with Crippen LogP contribution in [0.15, 0.2) is 36.4 Å². The van der Waals surface area contributed by atoms with Crippen molar-refractivity contribution in [3.05, 3.63) is 57.0 Å². The molecule has 0 saturated heterocycles. The van der Waals surface area contributed by atoms with Crippen molar-refractivity contribution in [2.75, 3.05) is 11.9 Å². The minimum atomic E-state index is 0.584. The Labute approximate surface area is 133 Å². The first-order valence-corrected chi connectivity index (χ1v) is 7.33. The number of nitrogens with one attached hydrogen (secondary N) is 1. The highest BCUT2D eigenvalue weighted by Crippen LogP contribution is 2.29. The summed E-state index contributed by atoms with van der Waals surface area (Å²) in [6.07, 6.45) is 0. The molecule has 2 aromatic carbocycles. The van der Waals surface area contributed by atoms with Gasteiger partial charge in [-0.2, -0.15) is 0 Å². The Bertz CT molecular complexity index is 581. The number of anilines is 1. The van der Waals surface area contributed by atoms with E-state index in [0.29, 0.717) is 28.2 Å². The van der Waals surface area contributed by atoms with Gasteiger partial charge < -0.3 is 10.1 Å². The van der Waals surface area contributed by atoms with Gasteiger partial charge in [-0.05, 0) is 48.9 Å². The first-order chi connectivity index (χ1) is 9.58. The van der Waals surface area contributed by atoms with Crippen molar-refractivity contribution in [1.29, 1.82) is 0 Å². The lowest BCUT2D eigenvalue weighted by atomic mass is 10.2. The van der Waals surface area contributed by atoms with E-state index in [0.717, 1.165) is 17.0 Å². The molecule has 5 heteroatoms. The predicted molar refractivity (Wildman–Crippen MR) is 86.4 cm³/mol. The normalized spacial score (nSPS) is 10.4. The lowest BCUT2D eigenvalue weighted by Gasteiger charge is -2.13. The van der Waals surface area contributed by atoms with E-state index in [1.807, 2.05) is 31.2 Å². The average molecular weight is 331 g/mol. The summed E-state index contributed by atoms with van der Waals surface area (Å²) in [6.45, 7) is 3.12. The molecule has 20 heavy (non-hydrogen) atoms. The van der Waals surface area contributed by atoms with Crippen LogP contribution in [0.25, 0.3) is 0 Å². The number of benzene rings is 2. The average Bonchev–Trinajstić information content (AvgIpc) is 2.38. The van der Waals surface area contributed by atoms with Gasteiger partial charge in [0.15, 0.2) is 0 Å². The zero-order chi connectivity index (χ0) is 14.5. The van der Waals surface area contributed by atoms with Crippen LogP contribution < -0.4 is 10.1 Å². The number of hydrogen-bond acceptors (Lipinski definition) is 2. The van der Waals surface area contributed by atoms with E-state index >= 15 is 0 Å². The van der Waals surface area contributed by atoms with Crippen molar-refractivity contribution >= 4 is 40.5 Å². The van der Waals surface area contributed by atoms with E-state index < -0.39 is 0 Å². The maximum Gasteiger partial charge on any atom is 0.142 e. The van der Waals surface area contributed by atoms with E-state index in [4.69, 9.17) is 39.5 Å². The monoisotopic (exact) mass is 329 g/mol. The fraction of sp³-hybridized carbons (Fsp3) is 0.200. The SMILES string of the molecule is CCOc1ccc(Cl)cc1NCc1cc(Cl)cc(Cl)c1. The van der Waals surface area contributed by atoms with Crippen LogP contribution in [-0.4, -0.2) is 6.61 Å². The smallest absolute Gasteiger partial charge is 0.142 e. The molecule has 2 aromatic rings. The molecule has 0 atom stereocenters. The van der Waals surface area contributed by atoms with Crippen LogP contribution in [0.1, 0.15) is 12.5 Å². The summed E-state index contributed by atoms with van der Waals surface area (Å²) in [6, 6.07) is 10.9. The summed E-state index contributed by atoms with van der Waals surface area (Å²) in [5.41, 5.74) is 1.83. The molecule has 0 saturated carbocycles. The van der Waals surface area contributed by atoms with Gasteiger partial charge in [0, 0.05) is 21.6 Å². The van der Waals surface area contributed by atoms with Crippen molar-refractivity contribution in [3.63, 3.8) is 0 Å². The first kappa shape index (κ1) is 15.3. The summed E-state index contributed by atoms with van der Waals surface area (Å²) in [5, 5.41) is 5.17. The van der Waals surface area contributed by atoms with Gasteiger partial charge in [0.2, 0.25) is 0 Å². The van der Waals surface area contributed by atoms with Crippen LogP contribution in [0, 0.1) is 0 Å². The van der Waals surface area contributed by atoms with Gasteiger partial charge in [0.05, 0.1) is 12.3 Å². The molecule has 106 valence electrons. The lowest BCUT2D eigenvalue weighted by molar-refractivity contribution is 0.341. The van der Waals surface area contributed by atoms with Gasteiger partial charge in [0.25, 0.3) is 0 Å². The van der Waals surface area contributed by atoms with Crippen LogP contribution in [-0.2, 0) is 6.54 Å². The minimum absolute atomic E-state index is 0.584. The Morgan fingerprint density at radius 1 is 0.950 bits per heavy atom. The summed E-state index contributed by atoms with van der Waals surface area (Å²) in [4.78, 5) is 0. The second kappa shape index (κ2) is 7.07. The maximum absolute atomic E-state index is 6.01. The van der Waals surface area contributed by atoms with E-state index in [-0.39, 0.29) is 0 Å². The molecular formula is C15H14Cl3NO. The molecule has 0 amide bonds. The molecule has 0 aliphatic rings. The molecular weight excluding hydrogens is 317 g/mol. The van der Waals surface area contributed by atoms with Gasteiger partial charge in [0.1, 0.15) is 5.75 Å². The molecule has 2 rings (SSSR count). The number of halogens is 3. The second-order valence-corrected chi connectivity index (χ2v) is 5.51. The van der Waals surface area contributed by atoms with Gasteiger partial charge >= 0.3 is 0 Å². The van der Waals surface area contributed by atoms with Gasteiger partial charge in [-0.1, -0.05) is 34.8 Å². The van der Waals surface area contributed by atoms with Crippen molar-refractivity contribution < 1.29 is 4.74 Å². The zero-order valence-corrected chi connectivity index (χ0v) is 13.2. The Morgan fingerprint density at radius 3 is 2.30 bits per heavy atom. The highest BCUT2D eigenvalue weighted by Gasteiger charge is 2.05. The Kier molecular flexibility index (Phi) is 5.41. The van der Waals surface area contributed by atoms with Crippen LogP contribution in [0.3, 0.4) is 0 Å². The standard InChI is InChI=1S/C15H14Cl3NO/c1-2-20-15-4-3-11(16)8-14(15)19-9-10-5-12(17)7-13(18)6-10/h3-8,19H,2,9H2,1H3. The zero-order valence-electron chi connectivity index (χ0n) is 10.9. The number of rotatable bonds is 5. The molecule has 0 heterocycles. The fourth-order valence-corrected chi connectivity index (χ4v) is 2.58. The molecule has 0 spiro atoms. The van der Waals surface area contributed by atoms with Crippen molar-refractivity contribution in [2.24, 2.45) is 0 Å². The van der Waals surface area contributed by atoms with Crippen molar-refractivity contribution in [3.8, 4) is 5.75 Å². The quantitative estimate of drug-likeness (QED) is 0.764. The van der Waals surface area contributed by atoms with Crippen LogP contribution in [0.5, 0.6) is 5.75 Å². The van der Waals surface area contributed by atoms with E-state index in [2.05, 4.69) is 5.32 Å². The largest absolute Gasteiger partial charge is 0.492 e. The summed E-state index contributed by atoms with van der Waals surface area (Å²) < 4.78 is 5.55. The second-order valence-electron chi connectivity index (χ2n) is 4.20. The third-order valence-corrected chi connectivity index (χ3v) is 3.32. The number of ether oxygens (including phenoxy) is 1. The first-order valence-electron chi connectivity index (χ1n) is 6.19. The summed E-state index contributed by atoms with van der Waals surface area (Å²) >= 11 is 18.0. The fourth-order valence-electron chi connectivity index (χ4n) is 1.83. The Hall–Kier alpha value is -1.09. The van der Waals surface area contributed by atoms with E-state index in [1.165, 1.54) is 0 Å². The molecule has 2 nitrogen and oxygen atoms in total. The van der Waals surface area contributed by atoms with Gasteiger partial charge in [-0.15, -0.1) is 0 Å². The van der Waals surface area contributed by atoms with Crippen LogP contribution in [0.4, 0.5) is 5.69 Å². The predicted octanol–water partition coefficient (Wildman–Crippen LogP) is 5.66. The van der Waals surface area contributed by atoms with Crippen molar-refractivity contribution in [1.82, 2.24) is 0 Å².